The molecule has 0 rings (SSSR count). The molecule has 0 spiro atoms. The zero-order valence-corrected chi connectivity index (χ0v) is 8.30. The van der Waals surface area contributed by atoms with Crippen LogP contribution in [-0.2, 0) is 0 Å². The van der Waals surface area contributed by atoms with Gasteiger partial charge in [-0.15, -0.1) is 0 Å². The number of nitrogens with one attached hydrogen (secondary N) is 1. The van der Waals surface area contributed by atoms with Crippen LogP contribution in [0.2, 0.25) is 0 Å². The second kappa shape index (κ2) is 7.08. The van der Waals surface area contributed by atoms with Crippen molar-refractivity contribution in [2.75, 3.05) is 14.1 Å². The van der Waals surface area contributed by atoms with E-state index in [0.29, 0.717) is 0 Å². The van der Waals surface area contributed by atoms with E-state index in [-0.39, 0.29) is 6.04 Å². The van der Waals surface area contributed by atoms with E-state index < -0.39 is 0 Å². The van der Waals surface area contributed by atoms with E-state index in [1.807, 2.05) is 19.1 Å². The highest BCUT2D eigenvalue weighted by molar-refractivity contribution is 4.87. The SMILES string of the molecule is CCCCCC(C#N)NN(C)C. The van der Waals surface area contributed by atoms with Gasteiger partial charge in [0.25, 0.3) is 0 Å². The molecule has 0 radical (unpaired) electrons. The molecule has 0 fully saturated rings. The smallest absolute Gasteiger partial charge is 0.108 e. The first-order valence-corrected chi connectivity index (χ1v) is 4.53. The Hall–Kier alpha value is -0.590. The summed E-state index contributed by atoms with van der Waals surface area (Å²) in [4.78, 5) is 0. The predicted molar refractivity (Wildman–Crippen MR) is 50.4 cm³/mol. The van der Waals surface area contributed by atoms with Crippen molar-refractivity contribution < 1.29 is 0 Å². The minimum Gasteiger partial charge on any atom is -0.249 e. The first-order chi connectivity index (χ1) is 5.70. The lowest BCUT2D eigenvalue weighted by Gasteiger charge is -2.16. The second-order valence-electron chi connectivity index (χ2n) is 3.20. The highest BCUT2D eigenvalue weighted by Gasteiger charge is 2.05. The van der Waals surface area contributed by atoms with Gasteiger partial charge in [0.05, 0.1) is 6.07 Å². The van der Waals surface area contributed by atoms with Gasteiger partial charge in [0.15, 0.2) is 0 Å². The Balaban J connectivity index is 3.48. The van der Waals surface area contributed by atoms with Crippen LogP contribution in [0.3, 0.4) is 0 Å². The summed E-state index contributed by atoms with van der Waals surface area (Å²) in [6.07, 6.45) is 4.51. The zero-order chi connectivity index (χ0) is 9.40. The van der Waals surface area contributed by atoms with Gasteiger partial charge >= 0.3 is 0 Å². The van der Waals surface area contributed by atoms with Gasteiger partial charge in [0, 0.05) is 14.1 Å². The van der Waals surface area contributed by atoms with E-state index in [2.05, 4.69) is 18.4 Å². The number of hydrazine groups is 1. The Morgan fingerprint density at radius 3 is 2.50 bits per heavy atom. The van der Waals surface area contributed by atoms with Crippen LogP contribution < -0.4 is 5.43 Å². The maximum atomic E-state index is 8.74. The fourth-order valence-electron chi connectivity index (χ4n) is 1.07. The quantitative estimate of drug-likeness (QED) is 0.484. The summed E-state index contributed by atoms with van der Waals surface area (Å²) >= 11 is 0. The minimum atomic E-state index is -0.0217. The lowest BCUT2D eigenvalue weighted by Crippen LogP contribution is -2.38. The monoisotopic (exact) mass is 169 g/mol. The van der Waals surface area contributed by atoms with Crippen molar-refractivity contribution in [2.24, 2.45) is 0 Å². The Bertz CT molecular complexity index is 137. The zero-order valence-electron chi connectivity index (χ0n) is 8.30. The van der Waals surface area contributed by atoms with Crippen LogP contribution >= 0.6 is 0 Å². The summed E-state index contributed by atoms with van der Waals surface area (Å²) in [6, 6.07) is 2.22. The van der Waals surface area contributed by atoms with Gasteiger partial charge in [-0.2, -0.15) is 5.26 Å². The summed E-state index contributed by atoms with van der Waals surface area (Å²) in [5, 5.41) is 10.6. The standard InChI is InChI=1S/C9H19N3/c1-4-5-6-7-9(8-10)11-12(2)3/h9,11H,4-7H2,1-3H3. The third kappa shape index (κ3) is 6.14. The van der Waals surface area contributed by atoms with Gasteiger partial charge in [-0.1, -0.05) is 26.2 Å². The molecule has 3 heteroatoms. The van der Waals surface area contributed by atoms with Crippen molar-refractivity contribution in [3.8, 4) is 6.07 Å². The molecular formula is C9H19N3. The lowest BCUT2D eigenvalue weighted by atomic mass is 10.1. The molecule has 70 valence electrons. The van der Waals surface area contributed by atoms with Crippen LogP contribution in [-0.4, -0.2) is 25.1 Å². The van der Waals surface area contributed by atoms with Crippen molar-refractivity contribution in [1.82, 2.24) is 10.4 Å². The van der Waals surface area contributed by atoms with Crippen molar-refractivity contribution >= 4 is 0 Å². The minimum absolute atomic E-state index is 0.0217. The first-order valence-electron chi connectivity index (χ1n) is 4.53. The van der Waals surface area contributed by atoms with E-state index in [1.165, 1.54) is 12.8 Å². The highest BCUT2D eigenvalue weighted by Crippen LogP contribution is 2.02. The molecule has 0 saturated heterocycles. The molecular weight excluding hydrogens is 150 g/mol. The molecule has 0 aliphatic rings. The molecule has 0 saturated carbocycles. The van der Waals surface area contributed by atoms with E-state index >= 15 is 0 Å². The number of rotatable bonds is 6. The fraction of sp³-hybridized carbons (Fsp3) is 0.889. The van der Waals surface area contributed by atoms with Crippen molar-refractivity contribution in [3.05, 3.63) is 0 Å². The molecule has 0 aliphatic heterocycles. The average Bonchev–Trinajstić information content (AvgIpc) is 2.02. The molecule has 3 nitrogen and oxygen atoms in total. The molecule has 0 amide bonds. The van der Waals surface area contributed by atoms with Gasteiger partial charge < -0.3 is 0 Å². The van der Waals surface area contributed by atoms with E-state index in [1.54, 1.807) is 0 Å². The third-order valence-electron chi connectivity index (χ3n) is 1.67. The Kier molecular flexibility index (Phi) is 6.73. The average molecular weight is 169 g/mol. The number of hydrogen-bond donors (Lipinski definition) is 1. The number of unbranched alkanes of at least 4 members (excludes halogenated alkanes) is 2. The van der Waals surface area contributed by atoms with E-state index in [9.17, 15) is 0 Å². The van der Waals surface area contributed by atoms with Gasteiger partial charge in [0.1, 0.15) is 6.04 Å². The fourth-order valence-corrected chi connectivity index (χ4v) is 1.07. The summed E-state index contributed by atoms with van der Waals surface area (Å²) in [6.45, 7) is 2.17. The maximum Gasteiger partial charge on any atom is 0.108 e. The molecule has 0 bridgehead atoms. The number of hydrogen-bond acceptors (Lipinski definition) is 3. The van der Waals surface area contributed by atoms with Crippen molar-refractivity contribution in [1.29, 1.82) is 5.26 Å². The molecule has 0 heterocycles. The first kappa shape index (κ1) is 11.4. The predicted octanol–water partition coefficient (Wildman–Crippen LogP) is 1.53. The normalized spacial score (nSPS) is 12.9. The molecule has 12 heavy (non-hydrogen) atoms. The topological polar surface area (TPSA) is 39.1 Å². The van der Waals surface area contributed by atoms with Gasteiger partial charge in [-0.3, -0.25) is 0 Å². The summed E-state index contributed by atoms with van der Waals surface area (Å²) in [5.41, 5.74) is 3.06. The van der Waals surface area contributed by atoms with E-state index in [4.69, 9.17) is 5.26 Å². The van der Waals surface area contributed by atoms with E-state index in [0.717, 1.165) is 12.8 Å². The van der Waals surface area contributed by atoms with Crippen LogP contribution in [0.15, 0.2) is 0 Å². The van der Waals surface area contributed by atoms with Crippen LogP contribution in [0.4, 0.5) is 0 Å². The summed E-state index contributed by atoms with van der Waals surface area (Å²) in [7, 11) is 3.81. The maximum absolute atomic E-state index is 8.74. The van der Waals surface area contributed by atoms with Crippen molar-refractivity contribution in [3.63, 3.8) is 0 Å². The van der Waals surface area contributed by atoms with Crippen LogP contribution in [0.5, 0.6) is 0 Å². The second-order valence-corrected chi connectivity index (χ2v) is 3.20. The van der Waals surface area contributed by atoms with Crippen LogP contribution in [0, 0.1) is 11.3 Å². The van der Waals surface area contributed by atoms with Crippen LogP contribution in [0.25, 0.3) is 0 Å². The van der Waals surface area contributed by atoms with Crippen molar-refractivity contribution in [2.45, 2.75) is 38.6 Å². The number of nitriles is 1. The molecule has 0 aromatic carbocycles. The largest absolute Gasteiger partial charge is 0.249 e. The van der Waals surface area contributed by atoms with Gasteiger partial charge in [-0.25, -0.2) is 10.4 Å². The molecule has 0 aromatic heterocycles. The molecule has 0 aromatic rings. The summed E-state index contributed by atoms with van der Waals surface area (Å²) < 4.78 is 0. The number of nitrogens with zero attached hydrogens (tertiary/aromatic N) is 2. The van der Waals surface area contributed by atoms with Gasteiger partial charge in [-0.05, 0) is 6.42 Å². The molecule has 1 unspecified atom stereocenters. The lowest BCUT2D eigenvalue weighted by molar-refractivity contribution is 0.258. The molecule has 1 atom stereocenters. The summed E-state index contributed by atoms with van der Waals surface area (Å²) in [5.74, 6) is 0. The Morgan fingerprint density at radius 1 is 1.42 bits per heavy atom. The molecule has 0 aliphatic carbocycles. The molecule has 1 N–H and O–H groups in total. The Labute approximate surface area is 75.3 Å². The Morgan fingerprint density at radius 2 is 2.08 bits per heavy atom. The van der Waals surface area contributed by atoms with Crippen LogP contribution in [0.1, 0.15) is 32.6 Å². The highest BCUT2D eigenvalue weighted by atomic mass is 15.5. The van der Waals surface area contributed by atoms with Gasteiger partial charge in [0.2, 0.25) is 0 Å². The third-order valence-corrected chi connectivity index (χ3v) is 1.67.